The second-order valence-corrected chi connectivity index (χ2v) is 14.5. The molecule has 3 fully saturated rings. The Labute approximate surface area is 288 Å². The third kappa shape index (κ3) is 4.51. The minimum Gasteiger partial charge on any atom is -0.504 e. The van der Waals surface area contributed by atoms with Gasteiger partial charge in [-0.15, -0.1) is 0 Å². The van der Waals surface area contributed by atoms with Gasteiger partial charge < -0.3 is 9.84 Å². The molecule has 0 aromatic heterocycles. The second kappa shape index (κ2) is 11.2. The number of benzene rings is 3. The first kappa shape index (κ1) is 31.8. The number of aryl methyl sites for hydroxylation is 1. The van der Waals surface area contributed by atoms with E-state index in [1.165, 1.54) is 24.1 Å². The summed E-state index contributed by atoms with van der Waals surface area (Å²) in [6.07, 6.45) is 2.21. The molecule has 1 saturated carbocycles. The van der Waals surface area contributed by atoms with E-state index in [1.54, 1.807) is 37.3 Å². The van der Waals surface area contributed by atoms with Crippen molar-refractivity contribution in [1.82, 2.24) is 0 Å². The number of fused-ring (bicyclic) bond motifs is 4. The Morgan fingerprint density at radius 3 is 2.30 bits per heavy atom. The lowest BCUT2D eigenvalue weighted by Crippen LogP contribution is -2.49. The van der Waals surface area contributed by atoms with E-state index in [-0.39, 0.29) is 41.0 Å². The van der Waals surface area contributed by atoms with Crippen molar-refractivity contribution >= 4 is 74.1 Å². The van der Waals surface area contributed by atoms with E-state index in [0.29, 0.717) is 26.3 Å². The van der Waals surface area contributed by atoms with Crippen LogP contribution >= 0.6 is 39.1 Å². The van der Waals surface area contributed by atoms with Crippen molar-refractivity contribution in [2.75, 3.05) is 16.9 Å². The van der Waals surface area contributed by atoms with Crippen molar-refractivity contribution in [3.05, 3.63) is 91.6 Å². The molecule has 1 N–H and O–H groups in total. The molecule has 2 heterocycles. The van der Waals surface area contributed by atoms with Gasteiger partial charge in [-0.05, 0) is 80.6 Å². The first-order valence-electron chi connectivity index (χ1n) is 15.0. The molecule has 0 radical (unpaired) electrons. The van der Waals surface area contributed by atoms with Gasteiger partial charge in [-0.3, -0.25) is 19.2 Å². The van der Waals surface area contributed by atoms with Crippen LogP contribution in [0.3, 0.4) is 0 Å². The fraction of sp³-hybridized carbons (Fsp3) is 0.314. The molecule has 3 aromatic carbocycles. The van der Waals surface area contributed by atoms with E-state index < -0.39 is 58.5 Å². The number of phenolic OH excluding ortho intramolecular Hbond substituents is 1. The van der Waals surface area contributed by atoms with Gasteiger partial charge in [0.25, 0.3) is 0 Å². The molecule has 47 heavy (non-hydrogen) atoms. The molecule has 4 aliphatic rings. The van der Waals surface area contributed by atoms with Crippen LogP contribution in [0.1, 0.15) is 36.8 Å². The minimum atomic E-state index is -1.44. The number of halogens is 4. The maximum absolute atomic E-state index is 14.6. The molecule has 4 amide bonds. The number of amides is 4. The van der Waals surface area contributed by atoms with Crippen LogP contribution in [-0.2, 0) is 19.2 Å². The first-order chi connectivity index (χ1) is 22.3. The largest absolute Gasteiger partial charge is 0.504 e. The van der Waals surface area contributed by atoms with Crippen LogP contribution in [0, 0.1) is 41.8 Å². The first-order valence-corrected chi connectivity index (χ1v) is 16.6. The van der Waals surface area contributed by atoms with E-state index in [1.807, 2.05) is 13.0 Å². The zero-order chi connectivity index (χ0) is 33.7. The summed E-state index contributed by atoms with van der Waals surface area (Å²) in [5, 5.41) is 11.7. The average Bonchev–Trinajstić information content (AvgIpc) is 3.40. The molecular weight excluding hydrogens is 714 g/mol. The van der Waals surface area contributed by atoms with Crippen molar-refractivity contribution < 1.29 is 33.4 Å². The number of hydrogen-bond donors (Lipinski definition) is 1. The van der Waals surface area contributed by atoms with Crippen LogP contribution < -0.4 is 14.5 Å². The summed E-state index contributed by atoms with van der Waals surface area (Å²) in [4.78, 5) is 59.3. The van der Waals surface area contributed by atoms with Gasteiger partial charge in [0.1, 0.15) is 5.82 Å². The monoisotopic (exact) mass is 740 g/mol. The van der Waals surface area contributed by atoms with Crippen LogP contribution in [0.5, 0.6) is 11.5 Å². The van der Waals surface area contributed by atoms with Crippen LogP contribution in [0.2, 0.25) is 10.0 Å². The molecule has 2 saturated heterocycles. The van der Waals surface area contributed by atoms with Crippen LogP contribution in [0.4, 0.5) is 15.8 Å². The summed E-state index contributed by atoms with van der Waals surface area (Å²) in [6, 6.07) is 11.9. The predicted octanol–water partition coefficient (Wildman–Crippen LogP) is 7.35. The third-order valence-corrected chi connectivity index (χ3v) is 11.6. The Bertz CT molecular complexity index is 1970. The molecule has 0 spiro atoms. The van der Waals surface area contributed by atoms with E-state index in [0.717, 1.165) is 16.5 Å². The van der Waals surface area contributed by atoms with Crippen LogP contribution in [0.25, 0.3) is 0 Å². The minimum absolute atomic E-state index is 0.101. The van der Waals surface area contributed by atoms with Crippen molar-refractivity contribution in [2.45, 2.75) is 32.6 Å². The highest BCUT2D eigenvalue weighted by atomic mass is 79.9. The molecule has 2 aliphatic heterocycles. The van der Waals surface area contributed by atoms with Crippen molar-refractivity contribution in [1.29, 1.82) is 0 Å². The summed E-state index contributed by atoms with van der Waals surface area (Å²) in [6.45, 7) is 3.51. The lowest BCUT2D eigenvalue weighted by molar-refractivity contribution is -0.131. The van der Waals surface area contributed by atoms with E-state index in [2.05, 4.69) is 15.9 Å². The molecule has 8 nitrogen and oxygen atoms in total. The smallest absolute Gasteiger partial charge is 0.241 e. The fourth-order valence-corrected chi connectivity index (χ4v) is 8.98. The number of rotatable bonds is 4. The zero-order valence-corrected chi connectivity index (χ0v) is 28.5. The lowest BCUT2D eigenvalue weighted by atomic mass is 9.51. The van der Waals surface area contributed by atoms with Gasteiger partial charge in [0, 0.05) is 21.0 Å². The number of methoxy groups -OCH3 is 1. The summed E-state index contributed by atoms with van der Waals surface area (Å²) in [5.41, 5.74) is 0.853. The number of carbonyl (C=O) groups is 4. The summed E-state index contributed by atoms with van der Waals surface area (Å²) < 4.78 is 20.2. The molecule has 242 valence electrons. The highest BCUT2D eigenvalue weighted by molar-refractivity contribution is 9.10. The molecule has 6 atom stereocenters. The summed E-state index contributed by atoms with van der Waals surface area (Å²) >= 11 is 15.9. The number of nitrogens with zero attached hydrogens (tertiary/aromatic N) is 2. The number of carbonyl (C=O) groups excluding carboxylic acids is 4. The molecule has 12 heteroatoms. The van der Waals surface area contributed by atoms with Gasteiger partial charge >= 0.3 is 0 Å². The van der Waals surface area contributed by atoms with Crippen molar-refractivity contribution in [2.24, 2.45) is 29.1 Å². The van der Waals surface area contributed by atoms with E-state index in [9.17, 15) is 28.7 Å². The molecule has 0 unspecified atom stereocenters. The molecule has 7 rings (SSSR count). The number of aromatic hydroxyl groups is 1. The van der Waals surface area contributed by atoms with Crippen LogP contribution in [-0.4, -0.2) is 35.8 Å². The molecule has 0 bridgehead atoms. The Hall–Kier alpha value is -3.73. The highest BCUT2D eigenvalue weighted by Gasteiger charge is 2.68. The van der Waals surface area contributed by atoms with Crippen molar-refractivity contribution in [3.8, 4) is 11.5 Å². The fourth-order valence-electron chi connectivity index (χ4n) is 8.18. The van der Waals surface area contributed by atoms with Gasteiger partial charge in [0.15, 0.2) is 11.5 Å². The van der Waals surface area contributed by atoms with Crippen molar-refractivity contribution in [3.63, 3.8) is 0 Å². The number of allylic oxidation sites excluding steroid dienone is 2. The molecular formula is C35H28BrCl2FN2O6. The third-order valence-electron chi connectivity index (χ3n) is 10.4. The topological polar surface area (TPSA) is 104 Å². The number of imide groups is 2. The number of anilines is 2. The summed E-state index contributed by atoms with van der Waals surface area (Å²) in [7, 11) is 1.41. The average molecular weight is 742 g/mol. The number of hydrogen-bond acceptors (Lipinski definition) is 6. The SMILES string of the molecule is COc1cc(Br)cc([C@H]2C3=CC[C@@H]4C(=O)N(c5ccc(C)c(Cl)c5)C(=O)[C@@H]4[C@@H]3C[C@H]3C(=O)N(c4ccc(F)c(Cl)c4)C(=O)[C@@]23C)c1O. The maximum atomic E-state index is 14.6. The van der Waals surface area contributed by atoms with Gasteiger partial charge in [-0.25, -0.2) is 14.2 Å². The second-order valence-electron chi connectivity index (χ2n) is 12.8. The molecule has 2 aliphatic carbocycles. The number of phenols is 1. The van der Waals surface area contributed by atoms with E-state index in [4.69, 9.17) is 27.9 Å². The quantitative estimate of drug-likeness (QED) is 0.222. The maximum Gasteiger partial charge on any atom is 0.241 e. The standard InChI is InChI=1S/C35H28BrCl2FN2O6/c1-15-4-5-17(12-24(15)37)40-31(43)20-8-7-19-21(28(20)33(40)45)14-23-32(44)41(18-6-9-26(39)25(38)13-18)34(46)35(23,2)29(19)22-10-16(36)11-27(47-3)30(22)42/h4-7,9-13,20-21,23,28-29,42H,8,14H2,1-3H3/t20-,21+,23-,28-,29+,35+/m0/s1. The zero-order valence-electron chi connectivity index (χ0n) is 25.4. The predicted molar refractivity (Wildman–Crippen MR) is 177 cm³/mol. The highest BCUT2D eigenvalue weighted by Crippen LogP contribution is 2.65. The van der Waals surface area contributed by atoms with Gasteiger partial charge in [-0.1, -0.05) is 56.8 Å². The summed E-state index contributed by atoms with van der Waals surface area (Å²) in [5.74, 6) is -6.58. The Balaban J connectivity index is 1.40. The van der Waals surface area contributed by atoms with E-state index >= 15 is 0 Å². The van der Waals surface area contributed by atoms with Gasteiger partial charge in [-0.2, -0.15) is 0 Å². The normalized spacial score (nSPS) is 28.3. The Morgan fingerprint density at radius 1 is 0.936 bits per heavy atom. The van der Waals surface area contributed by atoms with Crippen LogP contribution in [0.15, 0.2) is 64.7 Å². The van der Waals surface area contributed by atoms with Gasteiger partial charge in [0.2, 0.25) is 23.6 Å². The lowest BCUT2D eigenvalue weighted by Gasteiger charge is -2.49. The molecule has 3 aromatic rings. The Kier molecular flexibility index (Phi) is 7.57. The number of ether oxygens (including phenoxy) is 1. The Morgan fingerprint density at radius 2 is 1.62 bits per heavy atom. The van der Waals surface area contributed by atoms with Gasteiger partial charge in [0.05, 0.1) is 46.7 Å².